The van der Waals surface area contributed by atoms with Gasteiger partial charge in [0.2, 0.25) is 5.96 Å². The number of carbonyl (C=O) groups is 1. The molecule has 25 heavy (non-hydrogen) atoms. The van der Waals surface area contributed by atoms with E-state index < -0.39 is 21.9 Å². The van der Waals surface area contributed by atoms with Gasteiger partial charge < -0.3 is 21.8 Å². The molecule has 128 valence electrons. The summed E-state index contributed by atoms with van der Waals surface area (Å²) < 4.78 is 28.7. The Hall–Kier alpha value is -3.58. The van der Waals surface area contributed by atoms with E-state index in [1.807, 2.05) is 0 Å². The molecule has 0 saturated heterocycles. The number of hydrogen-bond acceptors (Lipinski definition) is 4. The molecule has 0 radical (unpaired) electrons. The highest BCUT2D eigenvalue weighted by atomic mass is 32.2. The van der Waals surface area contributed by atoms with E-state index in [1.165, 1.54) is 30.3 Å². The van der Waals surface area contributed by atoms with Gasteiger partial charge in [-0.1, -0.05) is 0 Å². The lowest BCUT2D eigenvalue weighted by atomic mass is 10.2. The van der Waals surface area contributed by atoms with Gasteiger partial charge in [0.1, 0.15) is 11.6 Å². The Bertz CT molecular complexity index is 1010. The van der Waals surface area contributed by atoms with E-state index in [0.717, 1.165) is 0 Å². The summed E-state index contributed by atoms with van der Waals surface area (Å²) >= 11 is 0. The summed E-state index contributed by atoms with van der Waals surface area (Å²) in [5.41, 5.74) is 16.2. The van der Waals surface area contributed by atoms with E-state index >= 15 is 0 Å². The summed E-state index contributed by atoms with van der Waals surface area (Å²) in [6.45, 7) is 0. The summed E-state index contributed by atoms with van der Waals surface area (Å²) in [5, 5.41) is 8.93. The third kappa shape index (κ3) is 4.04. The standard InChI is InChI=1S/C15H14N6O3S/c16-9-10(14(17)22)8-12-2-1-7-21(12)11-3-5-13(6-4-11)25(23,24)20-15(18)19/h1-8H,(H2,17,22)(H4,18,19,20)/b10-8+. The second-order valence-corrected chi connectivity index (χ2v) is 6.43. The van der Waals surface area contributed by atoms with E-state index in [1.54, 1.807) is 29.0 Å². The molecule has 0 fully saturated rings. The molecule has 2 rings (SSSR count). The minimum absolute atomic E-state index is 0.0799. The van der Waals surface area contributed by atoms with Crippen LogP contribution in [0.5, 0.6) is 0 Å². The highest BCUT2D eigenvalue weighted by Crippen LogP contribution is 2.19. The van der Waals surface area contributed by atoms with Crippen molar-refractivity contribution >= 4 is 28.0 Å². The van der Waals surface area contributed by atoms with Crippen molar-refractivity contribution in [3.63, 3.8) is 0 Å². The SMILES string of the molecule is N#C/C(=C\c1cccn1-c1ccc(S(=O)(=O)N=C(N)N)cc1)C(N)=O. The van der Waals surface area contributed by atoms with Gasteiger partial charge in [0.05, 0.1) is 4.90 Å². The fourth-order valence-electron chi connectivity index (χ4n) is 2.02. The lowest BCUT2D eigenvalue weighted by molar-refractivity contribution is -0.114. The maximum absolute atomic E-state index is 11.9. The van der Waals surface area contributed by atoms with Crippen LogP contribution >= 0.6 is 0 Å². The number of sulfonamides is 1. The normalized spacial score (nSPS) is 11.6. The molecule has 0 aliphatic rings. The van der Waals surface area contributed by atoms with Crippen LogP contribution in [-0.2, 0) is 14.8 Å². The molecule has 6 N–H and O–H groups in total. The molecule has 2 aromatic rings. The summed E-state index contributed by atoms with van der Waals surface area (Å²) in [7, 11) is -3.98. The molecule has 0 unspecified atom stereocenters. The Balaban J connectivity index is 2.44. The Morgan fingerprint density at radius 1 is 1.16 bits per heavy atom. The number of nitrogens with two attached hydrogens (primary N) is 3. The Labute approximate surface area is 143 Å². The van der Waals surface area contributed by atoms with Crippen LogP contribution in [-0.4, -0.2) is 24.9 Å². The highest BCUT2D eigenvalue weighted by Gasteiger charge is 2.13. The first-order valence-electron chi connectivity index (χ1n) is 6.80. The van der Waals surface area contributed by atoms with Crippen molar-refractivity contribution in [3.05, 3.63) is 53.9 Å². The average Bonchev–Trinajstić information content (AvgIpc) is 2.99. The van der Waals surface area contributed by atoms with Gasteiger partial charge in [0.25, 0.3) is 15.9 Å². The summed E-state index contributed by atoms with van der Waals surface area (Å²) in [4.78, 5) is 11.1. The number of aromatic nitrogens is 1. The van der Waals surface area contributed by atoms with Crippen molar-refractivity contribution in [3.8, 4) is 11.8 Å². The molecule has 1 aromatic carbocycles. The zero-order chi connectivity index (χ0) is 18.6. The molecule has 0 atom stereocenters. The van der Waals surface area contributed by atoms with Crippen LogP contribution in [0.4, 0.5) is 0 Å². The van der Waals surface area contributed by atoms with Gasteiger partial charge in [-0.05, 0) is 42.5 Å². The van der Waals surface area contributed by atoms with Crippen molar-refractivity contribution in [2.24, 2.45) is 21.6 Å². The smallest absolute Gasteiger partial charge is 0.285 e. The number of nitrogens with zero attached hydrogens (tertiary/aromatic N) is 3. The maximum atomic E-state index is 11.9. The molecule has 1 amide bonds. The molecule has 0 aliphatic heterocycles. The number of rotatable bonds is 5. The molecule has 1 heterocycles. The number of benzene rings is 1. The highest BCUT2D eigenvalue weighted by molar-refractivity contribution is 7.90. The Morgan fingerprint density at radius 2 is 1.80 bits per heavy atom. The molecule has 0 aliphatic carbocycles. The van der Waals surface area contributed by atoms with Gasteiger partial charge in [0.15, 0.2) is 0 Å². The quantitative estimate of drug-likeness (QED) is 0.290. The minimum Gasteiger partial charge on any atom is -0.369 e. The number of primary amides is 1. The molecular formula is C15H14N6O3S. The van der Waals surface area contributed by atoms with Crippen molar-refractivity contribution in [1.29, 1.82) is 5.26 Å². The first-order valence-corrected chi connectivity index (χ1v) is 8.24. The van der Waals surface area contributed by atoms with E-state index in [9.17, 15) is 13.2 Å². The molecule has 1 aromatic heterocycles. The van der Waals surface area contributed by atoms with Crippen molar-refractivity contribution in [1.82, 2.24) is 4.57 Å². The van der Waals surface area contributed by atoms with Gasteiger partial charge in [-0.25, -0.2) is 0 Å². The van der Waals surface area contributed by atoms with Crippen LogP contribution in [0, 0.1) is 11.3 Å². The van der Waals surface area contributed by atoms with E-state index in [4.69, 9.17) is 22.5 Å². The second kappa shape index (κ2) is 6.90. The van der Waals surface area contributed by atoms with Gasteiger partial charge in [-0.3, -0.25) is 4.79 Å². The first kappa shape index (κ1) is 17.8. The van der Waals surface area contributed by atoms with Crippen LogP contribution in [0.15, 0.2) is 57.5 Å². The zero-order valence-electron chi connectivity index (χ0n) is 12.8. The van der Waals surface area contributed by atoms with E-state index in [2.05, 4.69) is 4.40 Å². The fourth-order valence-corrected chi connectivity index (χ4v) is 2.89. The lowest BCUT2D eigenvalue weighted by Crippen LogP contribution is -2.24. The van der Waals surface area contributed by atoms with Crippen LogP contribution in [0.1, 0.15) is 5.69 Å². The molecule has 0 saturated carbocycles. The molecule has 0 bridgehead atoms. The van der Waals surface area contributed by atoms with Crippen LogP contribution < -0.4 is 17.2 Å². The Kier molecular flexibility index (Phi) is 4.90. The van der Waals surface area contributed by atoms with E-state index in [-0.39, 0.29) is 10.5 Å². The summed E-state index contributed by atoms with van der Waals surface area (Å²) in [5.74, 6) is -1.40. The predicted molar refractivity (Wildman–Crippen MR) is 91.5 cm³/mol. The summed E-state index contributed by atoms with van der Waals surface area (Å²) in [6, 6.07) is 10.8. The number of amides is 1. The first-order chi connectivity index (χ1) is 11.7. The average molecular weight is 358 g/mol. The van der Waals surface area contributed by atoms with Gasteiger partial charge in [-0.15, -0.1) is 4.40 Å². The molecule has 0 spiro atoms. The number of guanidine groups is 1. The third-order valence-corrected chi connectivity index (χ3v) is 4.42. The number of hydrogen-bond donors (Lipinski definition) is 3. The largest absolute Gasteiger partial charge is 0.369 e. The lowest BCUT2D eigenvalue weighted by Gasteiger charge is -2.08. The van der Waals surface area contributed by atoms with E-state index in [0.29, 0.717) is 11.4 Å². The van der Waals surface area contributed by atoms with Crippen LogP contribution in [0.3, 0.4) is 0 Å². The van der Waals surface area contributed by atoms with Crippen molar-refractivity contribution < 1.29 is 13.2 Å². The topological polar surface area (TPSA) is 170 Å². The zero-order valence-corrected chi connectivity index (χ0v) is 13.6. The van der Waals surface area contributed by atoms with Crippen molar-refractivity contribution in [2.45, 2.75) is 4.90 Å². The van der Waals surface area contributed by atoms with Gasteiger partial charge in [0, 0.05) is 17.6 Å². The maximum Gasteiger partial charge on any atom is 0.285 e. The number of carbonyl (C=O) groups excluding carboxylic acids is 1. The minimum atomic E-state index is -3.98. The fraction of sp³-hybridized carbons (Fsp3) is 0. The van der Waals surface area contributed by atoms with Crippen LogP contribution in [0.25, 0.3) is 11.8 Å². The summed E-state index contributed by atoms with van der Waals surface area (Å²) in [6.07, 6.45) is 3.02. The Morgan fingerprint density at radius 3 is 2.32 bits per heavy atom. The van der Waals surface area contributed by atoms with Gasteiger partial charge in [-0.2, -0.15) is 13.7 Å². The van der Waals surface area contributed by atoms with Gasteiger partial charge >= 0.3 is 0 Å². The van der Waals surface area contributed by atoms with Crippen molar-refractivity contribution in [2.75, 3.05) is 0 Å². The monoisotopic (exact) mass is 358 g/mol. The second-order valence-electron chi connectivity index (χ2n) is 4.82. The number of nitriles is 1. The molecular weight excluding hydrogens is 344 g/mol. The molecule has 9 nitrogen and oxygen atoms in total. The van der Waals surface area contributed by atoms with Crippen LogP contribution in [0.2, 0.25) is 0 Å². The third-order valence-electron chi connectivity index (χ3n) is 3.10. The predicted octanol–water partition coefficient (Wildman–Crippen LogP) is -0.168. The molecule has 10 heteroatoms.